The molecule has 7 nitrogen and oxygen atoms in total. The van der Waals surface area contributed by atoms with Gasteiger partial charge in [0, 0.05) is 18.0 Å². The summed E-state index contributed by atoms with van der Waals surface area (Å²) < 4.78 is 0. The zero-order chi connectivity index (χ0) is 13.8. The van der Waals surface area contributed by atoms with Crippen LogP contribution in [0.25, 0.3) is 0 Å². The molecular formula is C11H11N5O2S. The Morgan fingerprint density at radius 3 is 2.63 bits per heavy atom. The van der Waals surface area contributed by atoms with Crippen molar-refractivity contribution >= 4 is 29.4 Å². The molecule has 2 aromatic heterocycles. The van der Waals surface area contributed by atoms with Gasteiger partial charge in [0.2, 0.25) is 0 Å². The number of nitrogen functional groups attached to an aromatic ring is 2. The molecular weight excluding hydrogens is 266 g/mol. The average molecular weight is 277 g/mol. The lowest BCUT2D eigenvalue weighted by atomic mass is 10.2. The fourth-order valence-corrected chi connectivity index (χ4v) is 2.24. The van der Waals surface area contributed by atoms with Crippen LogP contribution in [0, 0.1) is 0 Å². The minimum Gasteiger partial charge on any atom is -0.478 e. The van der Waals surface area contributed by atoms with Crippen molar-refractivity contribution in [2.45, 2.75) is 10.9 Å². The van der Waals surface area contributed by atoms with E-state index in [0.29, 0.717) is 16.6 Å². The molecule has 0 unspecified atom stereocenters. The van der Waals surface area contributed by atoms with Gasteiger partial charge in [0.15, 0.2) is 5.16 Å². The van der Waals surface area contributed by atoms with Crippen molar-refractivity contribution in [1.29, 1.82) is 0 Å². The Morgan fingerprint density at radius 2 is 2.00 bits per heavy atom. The van der Waals surface area contributed by atoms with Crippen LogP contribution in [-0.2, 0) is 5.75 Å². The molecule has 2 rings (SSSR count). The summed E-state index contributed by atoms with van der Waals surface area (Å²) in [5, 5.41) is 9.42. The van der Waals surface area contributed by atoms with E-state index in [4.69, 9.17) is 16.6 Å². The summed E-state index contributed by atoms with van der Waals surface area (Å²) in [5.74, 6) is -0.147. The van der Waals surface area contributed by atoms with Gasteiger partial charge in [0.25, 0.3) is 0 Å². The molecule has 8 heteroatoms. The molecule has 2 heterocycles. The zero-order valence-electron chi connectivity index (χ0n) is 9.78. The van der Waals surface area contributed by atoms with Crippen LogP contribution in [-0.4, -0.2) is 26.0 Å². The van der Waals surface area contributed by atoms with Crippen LogP contribution < -0.4 is 11.5 Å². The molecule has 0 saturated heterocycles. The third-order valence-electron chi connectivity index (χ3n) is 2.20. The van der Waals surface area contributed by atoms with E-state index in [1.165, 1.54) is 30.1 Å². The summed E-state index contributed by atoms with van der Waals surface area (Å²) in [6.45, 7) is 0. The Morgan fingerprint density at radius 1 is 1.32 bits per heavy atom. The Bertz CT molecular complexity index is 600. The second kappa shape index (κ2) is 5.53. The van der Waals surface area contributed by atoms with E-state index < -0.39 is 5.97 Å². The molecule has 0 aliphatic carbocycles. The zero-order valence-corrected chi connectivity index (χ0v) is 10.6. The maximum atomic E-state index is 11.0. The summed E-state index contributed by atoms with van der Waals surface area (Å²) >= 11 is 1.23. The minimum atomic E-state index is -1.02. The van der Waals surface area contributed by atoms with Crippen LogP contribution >= 0.6 is 11.8 Å². The molecule has 0 aliphatic rings. The third-order valence-corrected chi connectivity index (χ3v) is 3.06. The highest BCUT2D eigenvalue weighted by Crippen LogP contribution is 2.21. The summed E-state index contributed by atoms with van der Waals surface area (Å²) in [4.78, 5) is 23.1. The summed E-state index contributed by atoms with van der Waals surface area (Å²) in [7, 11) is 0. The molecule has 98 valence electrons. The highest BCUT2D eigenvalue weighted by Gasteiger charge is 2.11. The van der Waals surface area contributed by atoms with Crippen molar-refractivity contribution in [3.63, 3.8) is 0 Å². The third kappa shape index (κ3) is 3.32. The lowest BCUT2D eigenvalue weighted by Gasteiger charge is -2.04. The number of aromatic carboxylic acids is 1. The molecule has 0 radical (unpaired) electrons. The summed E-state index contributed by atoms with van der Waals surface area (Å²) in [6, 6.07) is 4.53. The number of rotatable bonds is 4. The van der Waals surface area contributed by atoms with E-state index in [0.717, 1.165) is 0 Å². The number of carboxylic acids is 1. The van der Waals surface area contributed by atoms with Gasteiger partial charge in [0.1, 0.15) is 11.6 Å². The van der Waals surface area contributed by atoms with Gasteiger partial charge in [-0.2, -0.15) is 0 Å². The first kappa shape index (κ1) is 13.1. The number of anilines is 2. The van der Waals surface area contributed by atoms with Crippen LogP contribution in [0.3, 0.4) is 0 Å². The predicted octanol–water partition coefficient (Wildman–Crippen LogP) is 1.03. The summed E-state index contributed by atoms with van der Waals surface area (Å²) in [5.41, 5.74) is 11.7. The van der Waals surface area contributed by atoms with Gasteiger partial charge in [-0.05, 0) is 12.1 Å². The van der Waals surface area contributed by atoms with Crippen molar-refractivity contribution in [2.75, 3.05) is 11.5 Å². The maximum absolute atomic E-state index is 11.0. The number of thioether (sulfide) groups is 1. The lowest BCUT2D eigenvalue weighted by Crippen LogP contribution is -2.04. The van der Waals surface area contributed by atoms with Crippen LogP contribution in [0.2, 0.25) is 0 Å². The highest BCUT2D eigenvalue weighted by molar-refractivity contribution is 7.98. The molecule has 0 aliphatic heterocycles. The number of carboxylic acid groups (broad SMARTS) is 1. The number of hydrogen-bond donors (Lipinski definition) is 3. The Balaban J connectivity index is 2.16. The first-order valence-electron chi connectivity index (χ1n) is 5.26. The fourth-order valence-electron chi connectivity index (χ4n) is 1.41. The molecule has 0 aromatic carbocycles. The Kier molecular flexibility index (Phi) is 3.81. The SMILES string of the molecule is Nc1cc(N)nc(SCc2ncccc2C(=O)O)n1. The molecule has 19 heavy (non-hydrogen) atoms. The van der Waals surface area contributed by atoms with Crippen LogP contribution in [0.4, 0.5) is 11.6 Å². The largest absolute Gasteiger partial charge is 0.478 e. The molecule has 2 aromatic rings. The van der Waals surface area contributed by atoms with Gasteiger partial charge >= 0.3 is 5.97 Å². The molecule has 0 bridgehead atoms. The van der Waals surface area contributed by atoms with E-state index >= 15 is 0 Å². The molecule has 0 fully saturated rings. The predicted molar refractivity (Wildman–Crippen MR) is 71.6 cm³/mol. The van der Waals surface area contributed by atoms with Gasteiger partial charge in [-0.15, -0.1) is 0 Å². The number of nitrogens with zero attached hydrogens (tertiary/aromatic N) is 3. The smallest absolute Gasteiger partial charge is 0.337 e. The first-order valence-corrected chi connectivity index (χ1v) is 6.25. The number of carbonyl (C=O) groups is 1. The van der Waals surface area contributed by atoms with Gasteiger partial charge in [-0.1, -0.05) is 11.8 Å². The number of hydrogen-bond acceptors (Lipinski definition) is 7. The number of nitrogens with two attached hydrogens (primary N) is 2. The van der Waals surface area contributed by atoms with Gasteiger partial charge < -0.3 is 16.6 Å². The lowest BCUT2D eigenvalue weighted by molar-refractivity contribution is 0.0695. The molecule has 0 saturated carbocycles. The normalized spacial score (nSPS) is 10.3. The van der Waals surface area contributed by atoms with Crippen molar-refractivity contribution in [1.82, 2.24) is 15.0 Å². The highest BCUT2D eigenvalue weighted by atomic mass is 32.2. The Labute approximate surface area is 113 Å². The van der Waals surface area contributed by atoms with E-state index in [9.17, 15) is 4.79 Å². The van der Waals surface area contributed by atoms with Gasteiger partial charge in [-0.3, -0.25) is 4.98 Å². The monoisotopic (exact) mass is 277 g/mol. The second-order valence-electron chi connectivity index (χ2n) is 3.59. The fraction of sp³-hybridized carbons (Fsp3) is 0.0909. The van der Waals surface area contributed by atoms with E-state index in [1.807, 2.05) is 0 Å². The number of pyridine rings is 1. The Hall–Kier alpha value is -2.35. The van der Waals surface area contributed by atoms with E-state index in [2.05, 4.69) is 15.0 Å². The van der Waals surface area contributed by atoms with Crippen LogP contribution in [0.5, 0.6) is 0 Å². The molecule has 5 N–H and O–H groups in total. The molecule has 0 spiro atoms. The topological polar surface area (TPSA) is 128 Å². The molecule has 0 atom stereocenters. The van der Waals surface area contributed by atoms with Crippen molar-refractivity contribution < 1.29 is 9.90 Å². The van der Waals surface area contributed by atoms with Crippen LogP contribution in [0.1, 0.15) is 16.1 Å². The van der Waals surface area contributed by atoms with Crippen LogP contribution in [0.15, 0.2) is 29.6 Å². The second-order valence-corrected chi connectivity index (χ2v) is 4.53. The van der Waals surface area contributed by atoms with Gasteiger partial charge in [0.05, 0.1) is 11.3 Å². The average Bonchev–Trinajstić information content (AvgIpc) is 2.35. The maximum Gasteiger partial charge on any atom is 0.337 e. The first-order chi connectivity index (χ1) is 9.06. The minimum absolute atomic E-state index is 0.159. The molecule has 0 amide bonds. The number of aromatic nitrogens is 3. The quantitative estimate of drug-likeness (QED) is 0.558. The van der Waals surface area contributed by atoms with E-state index in [-0.39, 0.29) is 17.2 Å². The van der Waals surface area contributed by atoms with Gasteiger partial charge in [-0.25, -0.2) is 14.8 Å². The van der Waals surface area contributed by atoms with Crippen molar-refractivity contribution in [2.24, 2.45) is 0 Å². The summed E-state index contributed by atoms with van der Waals surface area (Å²) in [6.07, 6.45) is 1.54. The van der Waals surface area contributed by atoms with Crippen molar-refractivity contribution in [3.8, 4) is 0 Å². The van der Waals surface area contributed by atoms with Crippen molar-refractivity contribution in [3.05, 3.63) is 35.7 Å². The standard InChI is InChI=1S/C11H11N5O2S/c12-8-4-9(13)16-11(15-8)19-5-7-6(10(17)18)2-1-3-14-7/h1-4H,5H2,(H,17,18)(H4,12,13,15,16). The van der Waals surface area contributed by atoms with E-state index in [1.54, 1.807) is 6.07 Å².